The lowest BCUT2D eigenvalue weighted by Crippen LogP contribution is -1.87. The Morgan fingerprint density at radius 1 is 1.44 bits per heavy atom. The van der Waals surface area contributed by atoms with Crippen molar-refractivity contribution in [3.8, 4) is 0 Å². The Labute approximate surface area is 59.2 Å². The van der Waals surface area contributed by atoms with Gasteiger partial charge >= 0.3 is 0 Å². The van der Waals surface area contributed by atoms with Crippen molar-refractivity contribution < 1.29 is 9.22 Å². The molecule has 1 nitrogen and oxygen atoms in total. The van der Waals surface area contributed by atoms with Crippen molar-refractivity contribution in [1.29, 1.82) is 0 Å². The number of hydrogen-bond acceptors (Lipinski definition) is 1. The SMILES string of the molecule is [2H]C([2H])([2H])[C@H](O)c1ccccc1. The van der Waals surface area contributed by atoms with Gasteiger partial charge in [0.15, 0.2) is 0 Å². The van der Waals surface area contributed by atoms with Crippen LogP contribution in [0.25, 0.3) is 0 Å². The van der Waals surface area contributed by atoms with E-state index in [9.17, 15) is 5.11 Å². The topological polar surface area (TPSA) is 20.2 Å². The van der Waals surface area contributed by atoms with Crippen LogP contribution in [0, 0.1) is 0 Å². The van der Waals surface area contributed by atoms with Crippen molar-refractivity contribution in [1.82, 2.24) is 0 Å². The highest BCUT2D eigenvalue weighted by Gasteiger charge is 1.95. The van der Waals surface area contributed by atoms with Crippen LogP contribution < -0.4 is 0 Å². The van der Waals surface area contributed by atoms with Crippen LogP contribution in [0.5, 0.6) is 0 Å². The fourth-order valence-corrected chi connectivity index (χ4v) is 0.635. The van der Waals surface area contributed by atoms with Crippen LogP contribution in [0.3, 0.4) is 0 Å². The zero-order valence-corrected chi connectivity index (χ0v) is 4.91. The maximum absolute atomic E-state index is 9.29. The monoisotopic (exact) mass is 125 g/mol. The van der Waals surface area contributed by atoms with Gasteiger partial charge in [0, 0.05) is 4.11 Å². The molecule has 1 rings (SSSR count). The third-order valence-corrected chi connectivity index (χ3v) is 1.12. The van der Waals surface area contributed by atoms with Gasteiger partial charge in [-0.25, -0.2) is 0 Å². The van der Waals surface area contributed by atoms with E-state index in [1.54, 1.807) is 30.3 Å². The van der Waals surface area contributed by atoms with Crippen molar-refractivity contribution in [2.75, 3.05) is 0 Å². The van der Waals surface area contributed by atoms with E-state index in [1.807, 2.05) is 0 Å². The zero-order chi connectivity index (χ0) is 9.19. The molecule has 1 aromatic carbocycles. The van der Waals surface area contributed by atoms with E-state index in [1.165, 1.54) is 0 Å². The van der Waals surface area contributed by atoms with E-state index in [0.717, 1.165) is 0 Å². The molecule has 0 aliphatic rings. The molecule has 1 atom stereocenters. The molecule has 0 unspecified atom stereocenters. The van der Waals surface area contributed by atoms with Crippen LogP contribution in [-0.4, -0.2) is 5.11 Å². The Balaban J connectivity index is 2.86. The molecule has 0 aromatic heterocycles. The lowest BCUT2D eigenvalue weighted by Gasteiger charge is -2.00. The fourth-order valence-electron chi connectivity index (χ4n) is 0.635. The summed E-state index contributed by atoms with van der Waals surface area (Å²) < 4.78 is 20.9. The molecule has 1 N–H and O–H groups in total. The summed E-state index contributed by atoms with van der Waals surface area (Å²) >= 11 is 0. The summed E-state index contributed by atoms with van der Waals surface area (Å²) in [6.45, 7) is -2.33. The molecule has 0 amide bonds. The highest BCUT2D eigenvalue weighted by atomic mass is 16.3. The summed E-state index contributed by atoms with van der Waals surface area (Å²) in [5.74, 6) is 0. The molecule has 0 aliphatic carbocycles. The normalized spacial score (nSPS) is 19.4. The summed E-state index contributed by atoms with van der Waals surface area (Å²) in [6, 6.07) is 8.36. The number of aliphatic hydroxyl groups is 1. The zero-order valence-electron chi connectivity index (χ0n) is 7.91. The number of aliphatic hydroxyl groups excluding tert-OH is 1. The van der Waals surface area contributed by atoms with Gasteiger partial charge in [0.1, 0.15) is 0 Å². The number of hydrogen-bond donors (Lipinski definition) is 1. The third-order valence-electron chi connectivity index (χ3n) is 1.12. The quantitative estimate of drug-likeness (QED) is 0.606. The van der Waals surface area contributed by atoms with Gasteiger partial charge in [0.2, 0.25) is 0 Å². The summed E-state index contributed by atoms with van der Waals surface area (Å²) in [5.41, 5.74) is 0.428. The Morgan fingerprint density at radius 2 is 2.11 bits per heavy atom. The van der Waals surface area contributed by atoms with Crippen LogP contribution in [0.4, 0.5) is 0 Å². The van der Waals surface area contributed by atoms with Gasteiger partial charge in [-0.2, -0.15) is 0 Å². The molecule has 1 heteroatoms. The van der Waals surface area contributed by atoms with Crippen LogP contribution in [0.15, 0.2) is 30.3 Å². The average Bonchev–Trinajstić information content (AvgIpc) is 2.03. The van der Waals surface area contributed by atoms with E-state index in [-0.39, 0.29) is 0 Å². The van der Waals surface area contributed by atoms with E-state index >= 15 is 0 Å². The summed E-state index contributed by atoms with van der Waals surface area (Å²) in [7, 11) is 0. The lowest BCUT2D eigenvalue weighted by molar-refractivity contribution is 0.199. The van der Waals surface area contributed by atoms with E-state index in [0.29, 0.717) is 5.56 Å². The highest BCUT2D eigenvalue weighted by Crippen LogP contribution is 2.08. The first-order valence-corrected chi connectivity index (χ1v) is 2.75. The second kappa shape index (κ2) is 2.65. The molecule has 0 radical (unpaired) electrons. The fraction of sp³-hybridized carbons (Fsp3) is 0.250. The molecule has 1 aromatic rings. The minimum atomic E-state index is -2.33. The Hall–Kier alpha value is -0.820. The molecule has 0 bridgehead atoms. The predicted octanol–water partition coefficient (Wildman–Crippen LogP) is 1.74. The highest BCUT2D eigenvalue weighted by molar-refractivity contribution is 5.16. The first-order chi connectivity index (χ1) is 5.52. The Kier molecular flexibility index (Phi) is 0.992. The maximum atomic E-state index is 9.29. The van der Waals surface area contributed by atoms with E-state index in [2.05, 4.69) is 0 Å². The summed E-state index contributed by atoms with van der Waals surface area (Å²) in [6.07, 6.45) is -1.38. The van der Waals surface area contributed by atoms with Crippen LogP contribution in [0.1, 0.15) is 22.6 Å². The first kappa shape index (κ1) is 3.37. The van der Waals surface area contributed by atoms with Crippen LogP contribution in [0.2, 0.25) is 0 Å². The van der Waals surface area contributed by atoms with Crippen molar-refractivity contribution in [3.05, 3.63) is 35.9 Å². The largest absolute Gasteiger partial charge is 0.389 e. The molecule has 0 heterocycles. The van der Waals surface area contributed by atoms with Gasteiger partial charge in [0.05, 0.1) is 6.10 Å². The molecule has 9 heavy (non-hydrogen) atoms. The summed E-state index contributed by atoms with van der Waals surface area (Å²) in [4.78, 5) is 0. The Bertz CT molecular complexity index is 242. The van der Waals surface area contributed by atoms with Gasteiger partial charge in [-0.05, 0) is 12.4 Å². The minimum Gasteiger partial charge on any atom is -0.389 e. The van der Waals surface area contributed by atoms with Gasteiger partial charge in [0.25, 0.3) is 0 Å². The van der Waals surface area contributed by atoms with Gasteiger partial charge in [-0.15, -0.1) is 0 Å². The molecule has 0 saturated carbocycles. The minimum absolute atomic E-state index is 0.428. The lowest BCUT2D eigenvalue weighted by atomic mass is 10.1. The Morgan fingerprint density at radius 3 is 2.67 bits per heavy atom. The molecular formula is C8H10O. The third kappa shape index (κ3) is 1.54. The molecule has 0 fully saturated rings. The molecule has 0 spiro atoms. The van der Waals surface area contributed by atoms with Gasteiger partial charge < -0.3 is 5.11 Å². The predicted molar refractivity (Wildman–Crippen MR) is 37.1 cm³/mol. The second-order valence-electron chi connectivity index (χ2n) is 1.81. The molecular weight excluding hydrogens is 112 g/mol. The van der Waals surface area contributed by atoms with E-state index in [4.69, 9.17) is 4.11 Å². The smallest absolute Gasteiger partial charge is 0.0761 e. The van der Waals surface area contributed by atoms with Gasteiger partial charge in [-0.1, -0.05) is 30.3 Å². The summed E-state index contributed by atoms with van der Waals surface area (Å²) in [5, 5.41) is 9.29. The first-order valence-electron chi connectivity index (χ1n) is 4.25. The number of benzene rings is 1. The molecule has 0 aliphatic heterocycles. The van der Waals surface area contributed by atoms with Crippen molar-refractivity contribution in [3.63, 3.8) is 0 Å². The molecule has 0 saturated heterocycles. The average molecular weight is 125 g/mol. The number of rotatable bonds is 1. The van der Waals surface area contributed by atoms with Crippen LogP contribution in [-0.2, 0) is 0 Å². The van der Waals surface area contributed by atoms with E-state index < -0.39 is 13.0 Å². The molecule has 48 valence electrons. The van der Waals surface area contributed by atoms with Crippen molar-refractivity contribution in [2.24, 2.45) is 0 Å². The second-order valence-corrected chi connectivity index (χ2v) is 1.81. The van der Waals surface area contributed by atoms with Crippen molar-refractivity contribution in [2.45, 2.75) is 13.0 Å². The maximum Gasteiger partial charge on any atom is 0.0761 e. The van der Waals surface area contributed by atoms with Crippen LogP contribution >= 0.6 is 0 Å². The van der Waals surface area contributed by atoms with Crippen molar-refractivity contribution >= 4 is 0 Å². The van der Waals surface area contributed by atoms with Gasteiger partial charge in [-0.3, -0.25) is 0 Å². The standard InChI is InChI=1S/C8H10O/c1-7(9)8-5-3-2-4-6-8/h2-7,9H,1H3/t7-/m0/s1/i1D3.